The summed E-state index contributed by atoms with van der Waals surface area (Å²) < 4.78 is 0. The number of nitrogens with zero attached hydrogens (tertiary/aromatic N) is 2. The molecule has 0 aromatic heterocycles. The lowest BCUT2D eigenvalue weighted by Crippen LogP contribution is -2.70. The maximum absolute atomic E-state index is 10.7. The van der Waals surface area contributed by atoms with E-state index in [9.17, 15) is 4.79 Å². The smallest absolute Gasteiger partial charge is 0.326 e. The van der Waals surface area contributed by atoms with Crippen LogP contribution in [0, 0.1) is 11.3 Å². The van der Waals surface area contributed by atoms with Gasteiger partial charge in [-0.05, 0) is 19.1 Å². The van der Waals surface area contributed by atoms with Gasteiger partial charge in [-0.15, -0.1) is 0 Å². The predicted octanol–water partition coefficient (Wildman–Crippen LogP) is -1.29. The molecule has 0 bridgehead atoms. The Hall–Kier alpha value is -1.39. The van der Waals surface area contributed by atoms with Gasteiger partial charge in [-0.2, -0.15) is 5.26 Å². The maximum atomic E-state index is 10.7. The summed E-state index contributed by atoms with van der Waals surface area (Å²) >= 11 is 4.87. The van der Waals surface area contributed by atoms with Crippen LogP contribution >= 0.6 is 12.2 Å². The average molecular weight is 217 g/mol. The highest BCUT2D eigenvalue weighted by Crippen LogP contribution is 2.01. The zero-order valence-electron chi connectivity index (χ0n) is 7.86. The molecular formula is C7H13N4O2S+. The third-order valence-corrected chi connectivity index (χ3v) is 2.08. The lowest BCUT2D eigenvalue weighted by molar-refractivity contribution is -0.420. The fourth-order valence-corrected chi connectivity index (χ4v) is 1.13. The number of carbonyl (C=O) groups is 1. The fraction of sp³-hybridized carbons (Fsp3) is 0.571. The van der Waals surface area contributed by atoms with Crippen molar-refractivity contribution in [2.75, 3.05) is 6.54 Å². The first-order valence-corrected chi connectivity index (χ1v) is 4.38. The molecular weight excluding hydrogens is 204 g/mol. The van der Waals surface area contributed by atoms with Crippen molar-refractivity contribution in [2.24, 2.45) is 0 Å². The molecule has 1 atom stereocenters. The van der Waals surface area contributed by atoms with Crippen LogP contribution in [-0.2, 0) is 4.79 Å². The molecule has 0 heterocycles. The number of hydrogen-bond acceptors (Lipinski definition) is 3. The summed E-state index contributed by atoms with van der Waals surface area (Å²) in [6.07, 6.45) is 0.222. The topological polar surface area (TPSA) is 104 Å². The van der Waals surface area contributed by atoms with Gasteiger partial charge in [-0.1, -0.05) is 0 Å². The molecule has 0 amide bonds. The van der Waals surface area contributed by atoms with Gasteiger partial charge in [0.2, 0.25) is 5.11 Å². The van der Waals surface area contributed by atoms with Crippen LogP contribution in [0.2, 0.25) is 0 Å². The van der Waals surface area contributed by atoms with Crippen molar-refractivity contribution in [3.05, 3.63) is 0 Å². The molecule has 0 rings (SSSR count). The summed E-state index contributed by atoms with van der Waals surface area (Å²) in [5.74, 6) is 2.36. The van der Waals surface area contributed by atoms with Crippen molar-refractivity contribution in [1.29, 1.82) is 5.26 Å². The zero-order chi connectivity index (χ0) is 11.1. The molecule has 0 aliphatic heterocycles. The minimum Gasteiger partial charge on any atom is -0.480 e. The molecule has 78 valence electrons. The summed E-state index contributed by atoms with van der Waals surface area (Å²) in [5.41, 5.74) is 2.44. The third kappa shape index (κ3) is 3.55. The highest BCUT2D eigenvalue weighted by Gasteiger charge is 2.22. The van der Waals surface area contributed by atoms with Gasteiger partial charge in [0.05, 0.1) is 12.5 Å². The molecule has 0 aromatic rings. The minimum atomic E-state index is -0.986. The molecule has 6 nitrogen and oxygen atoms in total. The van der Waals surface area contributed by atoms with Crippen LogP contribution < -0.4 is 11.3 Å². The Balaban J connectivity index is 4.47. The average Bonchev–Trinajstić information content (AvgIpc) is 2.17. The van der Waals surface area contributed by atoms with Crippen LogP contribution in [-0.4, -0.2) is 33.7 Å². The third-order valence-electron chi connectivity index (χ3n) is 1.70. The zero-order valence-corrected chi connectivity index (χ0v) is 8.67. The normalized spacial score (nSPS) is 11.2. The molecule has 7 heteroatoms. The molecule has 5 N–H and O–H groups in total. The monoisotopic (exact) mass is 217 g/mol. The van der Waals surface area contributed by atoms with E-state index in [-0.39, 0.29) is 18.1 Å². The van der Waals surface area contributed by atoms with E-state index in [0.29, 0.717) is 0 Å². The molecule has 0 aromatic carbocycles. The SMILES string of the molecule is CC(C(=O)O)N(CCC#N)C(=S)N[NH3+]. The second kappa shape index (κ2) is 6.12. The van der Waals surface area contributed by atoms with Gasteiger partial charge in [0.15, 0.2) is 0 Å². The van der Waals surface area contributed by atoms with Crippen molar-refractivity contribution >= 4 is 23.3 Å². The Kier molecular flexibility index (Phi) is 5.52. The van der Waals surface area contributed by atoms with E-state index in [1.54, 1.807) is 0 Å². The van der Waals surface area contributed by atoms with Gasteiger partial charge in [-0.3, -0.25) is 5.84 Å². The van der Waals surface area contributed by atoms with Gasteiger partial charge >= 0.3 is 5.97 Å². The highest BCUT2D eigenvalue weighted by atomic mass is 32.1. The van der Waals surface area contributed by atoms with Crippen molar-refractivity contribution in [3.63, 3.8) is 0 Å². The molecule has 14 heavy (non-hydrogen) atoms. The number of carboxylic acids is 1. The molecule has 0 radical (unpaired) electrons. The first-order chi connectivity index (χ1) is 6.54. The fourth-order valence-electron chi connectivity index (χ4n) is 0.876. The molecule has 0 aliphatic rings. The number of hydrogen-bond donors (Lipinski definition) is 3. The summed E-state index contributed by atoms with van der Waals surface area (Å²) in [6, 6.07) is 1.17. The number of carboxylic acid groups (broad SMARTS) is 1. The van der Waals surface area contributed by atoms with E-state index in [2.05, 4.69) is 11.3 Å². The Morgan fingerprint density at radius 3 is 2.79 bits per heavy atom. The number of thiocarbonyl (C=S) groups is 1. The van der Waals surface area contributed by atoms with Crippen LogP contribution in [0.4, 0.5) is 0 Å². The van der Waals surface area contributed by atoms with Crippen LogP contribution in [0.15, 0.2) is 0 Å². The van der Waals surface area contributed by atoms with Gasteiger partial charge in [-0.25, -0.2) is 10.2 Å². The van der Waals surface area contributed by atoms with E-state index in [4.69, 9.17) is 22.6 Å². The Labute approximate surface area is 87.3 Å². The molecule has 0 spiro atoms. The molecule has 0 aliphatic carbocycles. The minimum absolute atomic E-state index is 0.222. The standard InChI is InChI=1S/C7H12N4O2S/c1-5(6(12)13)11(4-2-3-8)7(14)10-9/h5H,2,4,9H2,1H3,(H,10,14)(H,12,13)/p+1. The van der Waals surface area contributed by atoms with Crippen LogP contribution in [0.25, 0.3) is 0 Å². The first-order valence-electron chi connectivity index (χ1n) is 3.98. The van der Waals surface area contributed by atoms with E-state index in [0.717, 1.165) is 0 Å². The number of quaternary nitrogens is 1. The van der Waals surface area contributed by atoms with Crippen LogP contribution in [0.1, 0.15) is 13.3 Å². The number of rotatable bonds is 4. The van der Waals surface area contributed by atoms with E-state index >= 15 is 0 Å². The van der Waals surface area contributed by atoms with E-state index in [1.165, 1.54) is 11.8 Å². The van der Waals surface area contributed by atoms with Crippen molar-refractivity contribution < 1.29 is 15.7 Å². The Morgan fingerprint density at radius 2 is 2.43 bits per heavy atom. The molecule has 0 saturated carbocycles. The maximum Gasteiger partial charge on any atom is 0.326 e. The second-order valence-electron chi connectivity index (χ2n) is 2.60. The van der Waals surface area contributed by atoms with Crippen LogP contribution in [0.3, 0.4) is 0 Å². The lowest BCUT2D eigenvalue weighted by Gasteiger charge is -2.26. The largest absolute Gasteiger partial charge is 0.480 e. The summed E-state index contributed by atoms with van der Waals surface area (Å²) in [4.78, 5) is 12.1. The Bertz CT molecular complexity index is 263. The molecule has 0 saturated heterocycles. The summed E-state index contributed by atoms with van der Waals surface area (Å²) in [6.45, 7) is 1.79. The first kappa shape index (κ1) is 12.6. The number of aliphatic carboxylic acids is 1. The quantitative estimate of drug-likeness (QED) is 0.399. The van der Waals surface area contributed by atoms with Gasteiger partial charge in [0.1, 0.15) is 6.04 Å². The number of nitriles is 1. The molecule has 0 fully saturated rings. The number of nitrogens with one attached hydrogen (secondary N) is 1. The second-order valence-corrected chi connectivity index (χ2v) is 2.98. The van der Waals surface area contributed by atoms with Gasteiger partial charge in [0.25, 0.3) is 0 Å². The molecule has 1 unspecified atom stereocenters. The van der Waals surface area contributed by atoms with E-state index in [1.807, 2.05) is 6.07 Å². The summed E-state index contributed by atoms with van der Waals surface area (Å²) in [5, 5.41) is 17.4. The van der Waals surface area contributed by atoms with Crippen LogP contribution in [0.5, 0.6) is 0 Å². The highest BCUT2D eigenvalue weighted by molar-refractivity contribution is 7.80. The lowest BCUT2D eigenvalue weighted by atomic mass is 10.3. The van der Waals surface area contributed by atoms with Gasteiger partial charge < -0.3 is 10.0 Å². The summed E-state index contributed by atoms with van der Waals surface area (Å²) in [7, 11) is 0. The van der Waals surface area contributed by atoms with Gasteiger partial charge in [0, 0.05) is 6.54 Å². The van der Waals surface area contributed by atoms with E-state index < -0.39 is 12.0 Å². The van der Waals surface area contributed by atoms with Crippen molar-refractivity contribution in [1.82, 2.24) is 10.3 Å². The van der Waals surface area contributed by atoms with Crippen molar-refractivity contribution in [3.8, 4) is 6.07 Å². The van der Waals surface area contributed by atoms with Crippen molar-refractivity contribution in [2.45, 2.75) is 19.4 Å². The predicted molar refractivity (Wildman–Crippen MR) is 52.7 cm³/mol. The Morgan fingerprint density at radius 1 is 1.86 bits per heavy atom.